The number of ether oxygens (including phenoxy) is 1. The zero-order valence-corrected chi connectivity index (χ0v) is 12.0. The van der Waals surface area contributed by atoms with Crippen molar-refractivity contribution in [2.24, 2.45) is 0 Å². The first-order chi connectivity index (χ1) is 9.68. The minimum atomic E-state index is 0.0947. The van der Waals surface area contributed by atoms with E-state index in [1.165, 1.54) is 0 Å². The van der Waals surface area contributed by atoms with Crippen LogP contribution in [0, 0.1) is 0 Å². The molecule has 0 spiro atoms. The van der Waals surface area contributed by atoms with E-state index in [0.29, 0.717) is 5.56 Å². The number of rotatable bonds is 2. The highest BCUT2D eigenvalue weighted by Crippen LogP contribution is 2.31. The molecule has 0 aliphatic carbocycles. The number of amides is 1. The minimum absolute atomic E-state index is 0.0947. The van der Waals surface area contributed by atoms with Gasteiger partial charge in [-0.2, -0.15) is 0 Å². The molecule has 0 unspecified atom stereocenters. The largest absolute Gasteiger partial charge is 0.374 e. The van der Waals surface area contributed by atoms with Crippen LogP contribution in [0.25, 0.3) is 0 Å². The van der Waals surface area contributed by atoms with Crippen LogP contribution in [0.1, 0.15) is 23.2 Å². The lowest BCUT2D eigenvalue weighted by molar-refractivity contribution is -0.0312. The van der Waals surface area contributed by atoms with Gasteiger partial charge in [-0.25, -0.2) is 0 Å². The highest BCUT2D eigenvalue weighted by molar-refractivity contribution is 5.94. The van der Waals surface area contributed by atoms with Gasteiger partial charge in [0.1, 0.15) is 0 Å². The summed E-state index contributed by atoms with van der Waals surface area (Å²) in [6.45, 7) is 1.55. The Morgan fingerprint density at radius 3 is 2.85 bits per heavy atom. The summed E-state index contributed by atoms with van der Waals surface area (Å²) in [5, 5.41) is 0. The quantitative estimate of drug-likeness (QED) is 0.808. The molecule has 3 rings (SSSR count). The molecule has 5 heteroatoms. The molecule has 2 aliphatic heterocycles. The maximum atomic E-state index is 12.7. The highest BCUT2D eigenvalue weighted by atomic mass is 16.5. The molecule has 0 N–H and O–H groups in total. The smallest absolute Gasteiger partial charge is 0.254 e. The van der Waals surface area contributed by atoms with Gasteiger partial charge in [0.2, 0.25) is 0 Å². The van der Waals surface area contributed by atoms with Gasteiger partial charge in [0.15, 0.2) is 0 Å². The fourth-order valence-electron chi connectivity index (χ4n) is 3.28. The Morgan fingerprint density at radius 1 is 1.40 bits per heavy atom. The van der Waals surface area contributed by atoms with Gasteiger partial charge in [0, 0.05) is 31.1 Å². The Morgan fingerprint density at radius 2 is 2.15 bits per heavy atom. The van der Waals surface area contributed by atoms with E-state index in [9.17, 15) is 4.79 Å². The first kappa shape index (κ1) is 13.5. The summed E-state index contributed by atoms with van der Waals surface area (Å²) in [7, 11) is 4.11. The average molecular weight is 275 g/mol. The van der Waals surface area contributed by atoms with Gasteiger partial charge in [-0.05, 0) is 39.1 Å². The Labute approximate surface area is 119 Å². The number of likely N-dealkylation sites (N-methyl/N-ethyl adjacent to an activating group) is 1. The normalized spacial score (nSPS) is 29.6. The van der Waals surface area contributed by atoms with Crippen LogP contribution >= 0.6 is 0 Å². The molecule has 2 aliphatic rings. The van der Waals surface area contributed by atoms with Gasteiger partial charge in [0.05, 0.1) is 18.2 Å². The maximum Gasteiger partial charge on any atom is 0.254 e. The molecule has 1 aromatic rings. The summed E-state index contributed by atoms with van der Waals surface area (Å²) in [4.78, 5) is 20.8. The minimum Gasteiger partial charge on any atom is -0.374 e. The van der Waals surface area contributed by atoms with E-state index in [1.54, 1.807) is 24.5 Å². The molecule has 2 saturated heterocycles. The van der Waals surface area contributed by atoms with Gasteiger partial charge in [-0.1, -0.05) is 0 Å². The van der Waals surface area contributed by atoms with Crippen LogP contribution in [0.5, 0.6) is 0 Å². The van der Waals surface area contributed by atoms with Crippen LogP contribution in [0.2, 0.25) is 0 Å². The number of hydrogen-bond donors (Lipinski definition) is 0. The zero-order valence-electron chi connectivity index (χ0n) is 12.0. The van der Waals surface area contributed by atoms with Gasteiger partial charge < -0.3 is 14.5 Å². The molecule has 2 fully saturated rings. The third-order valence-corrected chi connectivity index (χ3v) is 4.35. The number of pyridine rings is 1. The van der Waals surface area contributed by atoms with E-state index < -0.39 is 0 Å². The van der Waals surface area contributed by atoms with Crippen molar-refractivity contribution in [2.75, 3.05) is 27.2 Å². The molecule has 0 aromatic carbocycles. The number of likely N-dealkylation sites (tertiary alicyclic amines) is 1. The van der Waals surface area contributed by atoms with E-state index in [1.807, 2.05) is 4.90 Å². The number of aromatic nitrogens is 1. The number of fused-ring (bicyclic) bond motifs is 1. The van der Waals surface area contributed by atoms with Crippen molar-refractivity contribution in [1.82, 2.24) is 14.8 Å². The molecule has 1 aromatic heterocycles. The van der Waals surface area contributed by atoms with Crippen LogP contribution in [0.4, 0.5) is 0 Å². The molecule has 108 valence electrons. The van der Waals surface area contributed by atoms with Crippen LogP contribution < -0.4 is 0 Å². The van der Waals surface area contributed by atoms with Crippen molar-refractivity contribution in [3.05, 3.63) is 30.1 Å². The Kier molecular flexibility index (Phi) is 3.72. The maximum absolute atomic E-state index is 12.7. The second-order valence-corrected chi connectivity index (χ2v) is 5.77. The molecule has 0 bridgehead atoms. The number of hydrogen-bond acceptors (Lipinski definition) is 4. The summed E-state index contributed by atoms with van der Waals surface area (Å²) in [5.41, 5.74) is 0.712. The zero-order chi connectivity index (χ0) is 14.1. The first-order valence-electron chi connectivity index (χ1n) is 7.17. The lowest BCUT2D eigenvalue weighted by Crippen LogP contribution is -2.45. The van der Waals surface area contributed by atoms with Crippen molar-refractivity contribution in [2.45, 2.75) is 31.0 Å². The van der Waals surface area contributed by atoms with Gasteiger partial charge in [-0.3, -0.25) is 9.78 Å². The van der Waals surface area contributed by atoms with E-state index in [0.717, 1.165) is 26.0 Å². The Bertz CT molecular complexity index is 477. The lowest BCUT2D eigenvalue weighted by atomic mass is 10.0. The molecular formula is C15H21N3O2. The van der Waals surface area contributed by atoms with Crippen molar-refractivity contribution in [3.8, 4) is 0 Å². The predicted molar refractivity (Wildman–Crippen MR) is 75.5 cm³/mol. The third kappa shape index (κ3) is 2.31. The standard InChI is InChI=1S/C15H21N3O2/c1-17(2)13-10-18(12-4-3-9-20-14(12)13)15(19)11-5-7-16-8-6-11/h5-8,12-14H,3-4,9-10H2,1-2H3/t12-,13-,14+/m1/s1. The number of carbonyl (C=O) groups is 1. The summed E-state index contributed by atoms with van der Waals surface area (Å²) >= 11 is 0. The molecule has 1 amide bonds. The molecule has 0 radical (unpaired) electrons. The third-order valence-electron chi connectivity index (χ3n) is 4.35. The summed E-state index contributed by atoms with van der Waals surface area (Å²) in [5.74, 6) is 0.0947. The van der Waals surface area contributed by atoms with Gasteiger partial charge in [0.25, 0.3) is 5.91 Å². The monoisotopic (exact) mass is 275 g/mol. The average Bonchev–Trinajstić information content (AvgIpc) is 2.87. The van der Waals surface area contributed by atoms with Crippen molar-refractivity contribution < 1.29 is 9.53 Å². The summed E-state index contributed by atoms with van der Waals surface area (Å²) in [6, 6.07) is 4.05. The lowest BCUT2D eigenvalue weighted by Gasteiger charge is -2.33. The fourth-order valence-corrected chi connectivity index (χ4v) is 3.28. The summed E-state index contributed by atoms with van der Waals surface area (Å²) < 4.78 is 5.94. The highest BCUT2D eigenvalue weighted by Gasteiger charge is 2.46. The fraction of sp³-hybridized carbons (Fsp3) is 0.600. The molecule has 3 atom stereocenters. The SMILES string of the molecule is CN(C)[C@@H]1CN(C(=O)c2ccncc2)[C@@H]2CCCO[C@H]12. The predicted octanol–water partition coefficient (Wildman–Crippen LogP) is 1.02. The molecule has 3 heterocycles. The molecule has 5 nitrogen and oxygen atoms in total. The molecule has 20 heavy (non-hydrogen) atoms. The molecular weight excluding hydrogens is 254 g/mol. The van der Waals surface area contributed by atoms with Gasteiger partial charge >= 0.3 is 0 Å². The number of nitrogens with zero attached hydrogens (tertiary/aromatic N) is 3. The first-order valence-corrected chi connectivity index (χ1v) is 7.17. The Balaban J connectivity index is 1.84. The van der Waals surface area contributed by atoms with Crippen molar-refractivity contribution >= 4 is 5.91 Å². The van der Waals surface area contributed by atoms with Crippen molar-refractivity contribution in [3.63, 3.8) is 0 Å². The summed E-state index contributed by atoms with van der Waals surface area (Å²) in [6.07, 6.45) is 5.54. The second-order valence-electron chi connectivity index (χ2n) is 5.77. The molecule has 0 saturated carbocycles. The van der Waals surface area contributed by atoms with E-state index in [-0.39, 0.29) is 24.1 Å². The van der Waals surface area contributed by atoms with Crippen LogP contribution in [-0.4, -0.2) is 66.1 Å². The number of carbonyl (C=O) groups excluding carboxylic acids is 1. The van der Waals surface area contributed by atoms with E-state index in [2.05, 4.69) is 24.0 Å². The van der Waals surface area contributed by atoms with Crippen LogP contribution in [-0.2, 0) is 4.74 Å². The topological polar surface area (TPSA) is 45.7 Å². The van der Waals surface area contributed by atoms with Gasteiger partial charge in [-0.15, -0.1) is 0 Å². The van der Waals surface area contributed by atoms with E-state index >= 15 is 0 Å². The van der Waals surface area contributed by atoms with Crippen LogP contribution in [0.15, 0.2) is 24.5 Å². The van der Waals surface area contributed by atoms with Crippen molar-refractivity contribution in [1.29, 1.82) is 0 Å². The Hall–Kier alpha value is -1.46. The van der Waals surface area contributed by atoms with Crippen LogP contribution in [0.3, 0.4) is 0 Å². The second kappa shape index (κ2) is 5.50. The van der Waals surface area contributed by atoms with E-state index in [4.69, 9.17) is 4.74 Å².